The fourth-order valence-electron chi connectivity index (χ4n) is 4.89. The van der Waals surface area contributed by atoms with E-state index in [4.69, 9.17) is 17.3 Å². The Hall–Kier alpha value is -1.55. The topological polar surface area (TPSA) is 130 Å². The molecule has 170 valence electrons. The molecule has 0 spiro atoms. The van der Waals surface area contributed by atoms with E-state index in [0.29, 0.717) is 22.8 Å². The van der Waals surface area contributed by atoms with E-state index in [9.17, 15) is 25.5 Å². The number of halogens is 1. The third-order valence-corrected chi connectivity index (χ3v) is 6.46. The number of benzene rings is 2. The lowest BCUT2D eigenvalue weighted by atomic mass is 9.86. The third-order valence-electron chi connectivity index (χ3n) is 6.23. The van der Waals surface area contributed by atoms with Gasteiger partial charge in [-0.2, -0.15) is 4.90 Å². The fraction of sp³-hybridized carbons (Fsp3) is 0.478. The summed E-state index contributed by atoms with van der Waals surface area (Å²) in [5, 5.41) is 50.4. The maximum Gasteiger partial charge on any atom is 0.350 e. The standard InChI is InChI=1S/C23H31ClN2O5/c1-21(2,26(23(29,30)31)22(27,28)14-25)11-10-16-12-19(15-6-4-3-5-7-15)18-9-8-17(24)13-20(16)18/h3-9,13,16,19,27-31H,10-12,14,25H2,1-2H3/t16-,19+/m1/s1. The first-order valence-electron chi connectivity index (χ1n) is 10.3. The Kier molecular flexibility index (Phi) is 6.82. The predicted molar refractivity (Wildman–Crippen MR) is 118 cm³/mol. The predicted octanol–water partition coefficient (Wildman–Crippen LogP) is 2.01. The van der Waals surface area contributed by atoms with Gasteiger partial charge in [0, 0.05) is 16.5 Å². The van der Waals surface area contributed by atoms with Crippen LogP contribution in [-0.2, 0) is 0 Å². The number of hydrogen-bond acceptors (Lipinski definition) is 7. The van der Waals surface area contributed by atoms with Crippen molar-refractivity contribution in [1.82, 2.24) is 4.90 Å². The Labute approximate surface area is 187 Å². The molecule has 2 atom stereocenters. The zero-order chi connectivity index (χ0) is 23.0. The maximum absolute atomic E-state index is 10.2. The van der Waals surface area contributed by atoms with Crippen LogP contribution in [0, 0.1) is 0 Å². The third kappa shape index (κ3) is 5.10. The summed E-state index contributed by atoms with van der Waals surface area (Å²) in [6.07, 6.45) is -1.71. The number of aliphatic hydroxyl groups is 5. The smallest absolute Gasteiger partial charge is 0.350 e. The second kappa shape index (κ2) is 8.77. The Morgan fingerprint density at radius 1 is 1.00 bits per heavy atom. The van der Waals surface area contributed by atoms with Crippen molar-refractivity contribution in [3.05, 3.63) is 70.2 Å². The highest BCUT2D eigenvalue weighted by atomic mass is 35.5. The van der Waals surface area contributed by atoms with Crippen LogP contribution in [0.3, 0.4) is 0 Å². The maximum atomic E-state index is 10.2. The molecule has 0 fully saturated rings. The van der Waals surface area contributed by atoms with E-state index >= 15 is 0 Å². The van der Waals surface area contributed by atoms with Crippen LogP contribution in [0.25, 0.3) is 0 Å². The highest BCUT2D eigenvalue weighted by Crippen LogP contribution is 2.49. The molecular formula is C23H31ClN2O5. The fourth-order valence-corrected chi connectivity index (χ4v) is 5.07. The normalized spacial score (nSPS) is 19.7. The summed E-state index contributed by atoms with van der Waals surface area (Å²) in [5.74, 6) is -2.48. The molecule has 0 saturated carbocycles. The van der Waals surface area contributed by atoms with Gasteiger partial charge < -0.3 is 31.3 Å². The molecule has 2 aromatic carbocycles. The molecule has 8 heteroatoms. The van der Waals surface area contributed by atoms with Crippen LogP contribution < -0.4 is 5.73 Å². The first-order valence-corrected chi connectivity index (χ1v) is 10.7. The SMILES string of the molecule is CC(C)(CC[C@@H]1C[C@@H](c2ccccc2)c2ccc(Cl)cc21)N(C(O)(O)O)C(O)(O)CN. The molecule has 0 radical (unpaired) electrons. The first kappa shape index (κ1) is 24.1. The zero-order valence-corrected chi connectivity index (χ0v) is 18.5. The van der Waals surface area contributed by atoms with Gasteiger partial charge in [0.05, 0.1) is 6.54 Å². The molecule has 31 heavy (non-hydrogen) atoms. The second-order valence-corrected chi connectivity index (χ2v) is 9.37. The van der Waals surface area contributed by atoms with E-state index in [1.54, 1.807) is 13.8 Å². The van der Waals surface area contributed by atoms with Crippen molar-refractivity contribution in [3.8, 4) is 0 Å². The number of nitrogens with zero attached hydrogens (tertiary/aromatic N) is 1. The van der Waals surface area contributed by atoms with Crippen LogP contribution in [0.4, 0.5) is 0 Å². The van der Waals surface area contributed by atoms with Crippen molar-refractivity contribution < 1.29 is 25.5 Å². The zero-order valence-electron chi connectivity index (χ0n) is 17.7. The summed E-state index contributed by atoms with van der Waals surface area (Å²) in [6.45, 7) is 2.45. The van der Waals surface area contributed by atoms with E-state index in [2.05, 4.69) is 12.1 Å². The largest absolute Gasteiger partial charge is 0.352 e. The molecule has 3 rings (SSSR count). The number of hydrogen-bond donors (Lipinski definition) is 6. The van der Waals surface area contributed by atoms with Crippen molar-refractivity contribution in [2.75, 3.05) is 6.54 Å². The Balaban J connectivity index is 1.86. The van der Waals surface area contributed by atoms with Crippen molar-refractivity contribution in [1.29, 1.82) is 0 Å². The van der Waals surface area contributed by atoms with E-state index < -0.39 is 24.1 Å². The monoisotopic (exact) mass is 450 g/mol. The van der Waals surface area contributed by atoms with Gasteiger partial charge in [0.1, 0.15) is 0 Å². The Morgan fingerprint density at radius 3 is 2.23 bits per heavy atom. The summed E-state index contributed by atoms with van der Waals surface area (Å²) in [6, 6.07) is 16.1. The van der Waals surface area contributed by atoms with Gasteiger partial charge in [-0.15, -0.1) is 0 Å². The van der Waals surface area contributed by atoms with Gasteiger partial charge in [-0.1, -0.05) is 48.0 Å². The molecule has 1 aliphatic carbocycles. The van der Waals surface area contributed by atoms with E-state index in [-0.39, 0.29) is 11.8 Å². The summed E-state index contributed by atoms with van der Waals surface area (Å²) in [4.78, 5) is 0.412. The van der Waals surface area contributed by atoms with Gasteiger partial charge >= 0.3 is 6.10 Å². The molecule has 7 nitrogen and oxygen atoms in total. The molecule has 0 heterocycles. The van der Waals surface area contributed by atoms with Crippen LogP contribution in [0.15, 0.2) is 48.5 Å². The lowest BCUT2D eigenvalue weighted by Crippen LogP contribution is -2.70. The van der Waals surface area contributed by atoms with Crippen molar-refractivity contribution in [3.63, 3.8) is 0 Å². The van der Waals surface area contributed by atoms with Crippen LogP contribution in [-0.4, -0.2) is 54.5 Å². The number of fused-ring (bicyclic) bond motifs is 1. The van der Waals surface area contributed by atoms with Crippen molar-refractivity contribution in [2.45, 2.75) is 62.5 Å². The van der Waals surface area contributed by atoms with E-state index in [1.165, 1.54) is 11.1 Å². The summed E-state index contributed by atoms with van der Waals surface area (Å²) in [5.41, 5.74) is 7.72. The lowest BCUT2D eigenvalue weighted by molar-refractivity contribution is -0.477. The van der Waals surface area contributed by atoms with Gasteiger partial charge in [-0.25, -0.2) is 0 Å². The Morgan fingerprint density at radius 2 is 1.65 bits per heavy atom. The number of nitrogens with two attached hydrogens (primary N) is 1. The second-order valence-electron chi connectivity index (χ2n) is 8.93. The van der Waals surface area contributed by atoms with Crippen LogP contribution >= 0.6 is 11.6 Å². The lowest BCUT2D eigenvalue weighted by Gasteiger charge is -2.48. The average molecular weight is 451 g/mol. The van der Waals surface area contributed by atoms with Crippen molar-refractivity contribution >= 4 is 11.6 Å². The highest BCUT2D eigenvalue weighted by molar-refractivity contribution is 6.30. The molecule has 7 N–H and O–H groups in total. The molecule has 0 aliphatic heterocycles. The minimum atomic E-state index is -3.46. The van der Waals surface area contributed by atoms with Gasteiger partial charge in [-0.05, 0) is 67.9 Å². The highest BCUT2D eigenvalue weighted by Gasteiger charge is 2.52. The molecular weight excluding hydrogens is 420 g/mol. The van der Waals surface area contributed by atoms with Crippen molar-refractivity contribution in [2.24, 2.45) is 5.73 Å². The Bertz CT molecular complexity index is 899. The molecule has 1 aliphatic rings. The molecule has 0 bridgehead atoms. The summed E-state index contributed by atoms with van der Waals surface area (Å²) >= 11 is 6.27. The minimum absolute atomic E-state index is 0.121. The van der Waals surface area contributed by atoms with Gasteiger partial charge in [-0.3, -0.25) is 0 Å². The van der Waals surface area contributed by atoms with E-state index in [1.807, 2.05) is 36.4 Å². The van der Waals surface area contributed by atoms with Crippen LogP contribution in [0.5, 0.6) is 0 Å². The molecule has 0 saturated heterocycles. The summed E-state index contributed by atoms with van der Waals surface area (Å²) in [7, 11) is 0. The summed E-state index contributed by atoms with van der Waals surface area (Å²) < 4.78 is 0. The first-order chi connectivity index (χ1) is 14.4. The quantitative estimate of drug-likeness (QED) is 0.339. The molecule has 0 unspecified atom stereocenters. The van der Waals surface area contributed by atoms with Gasteiger partial charge in [0.25, 0.3) is 0 Å². The van der Waals surface area contributed by atoms with Crippen LogP contribution in [0.2, 0.25) is 5.02 Å². The molecule has 0 amide bonds. The van der Waals surface area contributed by atoms with Crippen LogP contribution in [0.1, 0.15) is 61.6 Å². The average Bonchev–Trinajstić information content (AvgIpc) is 3.03. The minimum Gasteiger partial charge on any atom is -0.352 e. The van der Waals surface area contributed by atoms with Gasteiger partial charge in [0.2, 0.25) is 5.91 Å². The molecule has 0 aromatic heterocycles. The number of rotatable bonds is 8. The van der Waals surface area contributed by atoms with Gasteiger partial charge in [0.15, 0.2) is 0 Å². The molecule has 2 aromatic rings. The van der Waals surface area contributed by atoms with E-state index in [0.717, 1.165) is 12.0 Å².